The highest BCUT2D eigenvalue weighted by atomic mass is 35.5. The Morgan fingerprint density at radius 1 is 1.16 bits per heavy atom. The van der Waals surface area contributed by atoms with Gasteiger partial charge >= 0.3 is 0 Å². The van der Waals surface area contributed by atoms with Crippen LogP contribution in [-0.2, 0) is 6.61 Å². The van der Waals surface area contributed by atoms with E-state index in [1.807, 2.05) is 36.4 Å². The van der Waals surface area contributed by atoms with Crippen LogP contribution in [0.5, 0.6) is 11.6 Å². The summed E-state index contributed by atoms with van der Waals surface area (Å²) in [6.07, 6.45) is 5.09. The van der Waals surface area contributed by atoms with Crippen molar-refractivity contribution < 1.29 is 9.47 Å². The van der Waals surface area contributed by atoms with E-state index in [1.165, 1.54) is 0 Å². The quantitative estimate of drug-likeness (QED) is 0.624. The number of pyridine rings is 2. The summed E-state index contributed by atoms with van der Waals surface area (Å²) in [6, 6.07) is 13.2. The van der Waals surface area contributed by atoms with Crippen LogP contribution in [0, 0.1) is 0 Å². The summed E-state index contributed by atoms with van der Waals surface area (Å²) in [7, 11) is 1.57. The minimum atomic E-state index is 0.352. The lowest BCUT2D eigenvalue weighted by molar-refractivity contribution is 0.302. The summed E-state index contributed by atoms with van der Waals surface area (Å²) in [5.41, 5.74) is 3.56. The highest BCUT2D eigenvalue weighted by molar-refractivity contribution is 6.30. The Morgan fingerprint density at radius 2 is 2.04 bits per heavy atom. The minimum absolute atomic E-state index is 0.352. The first-order valence-corrected chi connectivity index (χ1v) is 8.08. The predicted molar refractivity (Wildman–Crippen MR) is 99.9 cm³/mol. The van der Waals surface area contributed by atoms with Gasteiger partial charge in [0.15, 0.2) is 0 Å². The molecule has 0 N–H and O–H groups in total. The fourth-order valence-corrected chi connectivity index (χ4v) is 2.63. The number of aromatic nitrogens is 2. The second-order valence-corrected chi connectivity index (χ2v) is 5.72. The molecule has 126 valence electrons. The van der Waals surface area contributed by atoms with E-state index < -0.39 is 0 Å². The van der Waals surface area contributed by atoms with Crippen LogP contribution in [-0.4, -0.2) is 17.1 Å². The monoisotopic (exact) mass is 352 g/mol. The molecule has 4 nitrogen and oxygen atoms in total. The second-order valence-electron chi connectivity index (χ2n) is 5.28. The molecule has 0 saturated carbocycles. The van der Waals surface area contributed by atoms with Crippen LogP contribution in [0.25, 0.3) is 17.3 Å². The van der Waals surface area contributed by atoms with Gasteiger partial charge in [-0.3, -0.25) is 4.98 Å². The van der Waals surface area contributed by atoms with Gasteiger partial charge in [0.1, 0.15) is 12.4 Å². The first-order valence-electron chi connectivity index (χ1n) is 7.70. The van der Waals surface area contributed by atoms with Gasteiger partial charge in [-0.15, -0.1) is 0 Å². The van der Waals surface area contributed by atoms with Crippen LogP contribution in [0.15, 0.2) is 61.4 Å². The number of benzene rings is 1. The van der Waals surface area contributed by atoms with Gasteiger partial charge in [-0.05, 0) is 18.2 Å². The molecule has 3 rings (SSSR count). The number of hydrogen-bond acceptors (Lipinski definition) is 4. The zero-order valence-corrected chi connectivity index (χ0v) is 14.5. The molecule has 5 heteroatoms. The molecule has 2 heterocycles. The van der Waals surface area contributed by atoms with Crippen molar-refractivity contribution in [3.05, 3.63) is 77.6 Å². The zero-order chi connectivity index (χ0) is 17.6. The Labute approximate surface area is 151 Å². The number of rotatable bonds is 6. The molecule has 0 aliphatic rings. The maximum Gasteiger partial charge on any atom is 0.213 e. The molecule has 0 aliphatic heterocycles. The molecule has 25 heavy (non-hydrogen) atoms. The molecule has 0 unspecified atom stereocenters. The van der Waals surface area contributed by atoms with E-state index in [4.69, 9.17) is 21.1 Å². The van der Waals surface area contributed by atoms with Crippen LogP contribution in [0.4, 0.5) is 0 Å². The number of nitrogens with zero attached hydrogens (tertiary/aromatic N) is 2. The number of methoxy groups -OCH3 is 1. The maximum absolute atomic E-state index is 6.10. The number of halogens is 1. The molecule has 0 aliphatic carbocycles. The predicted octanol–water partition coefficient (Wildman–Crippen LogP) is 5.03. The topological polar surface area (TPSA) is 44.2 Å². The smallest absolute Gasteiger partial charge is 0.213 e. The van der Waals surface area contributed by atoms with E-state index >= 15 is 0 Å². The minimum Gasteiger partial charge on any atom is -0.487 e. The van der Waals surface area contributed by atoms with Crippen LogP contribution in [0.3, 0.4) is 0 Å². The molecule has 1 aromatic carbocycles. The van der Waals surface area contributed by atoms with Crippen LogP contribution < -0.4 is 9.47 Å². The van der Waals surface area contributed by atoms with Crippen molar-refractivity contribution in [3.8, 4) is 22.9 Å². The van der Waals surface area contributed by atoms with E-state index in [0.717, 1.165) is 22.4 Å². The summed E-state index contributed by atoms with van der Waals surface area (Å²) in [4.78, 5) is 8.66. The van der Waals surface area contributed by atoms with Gasteiger partial charge in [-0.25, -0.2) is 4.98 Å². The first kappa shape index (κ1) is 17.0. The summed E-state index contributed by atoms with van der Waals surface area (Å²) < 4.78 is 11.1. The SMILES string of the molecule is C=Cc1cc(OC)ncc1OCc1cccnc1-c1cccc(Cl)c1. The van der Waals surface area contributed by atoms with Gasteiger partial charge in [0.2, 0.25) is 5.88 Å². The van der Waals surface area contributed by atoms with Crippen LogP contribution in [0.2, 0.25) is 5.02 Å². The van der Waals surface area contributed by atoms with Gasteiger partial charge in [-0.1, -0.05) is 42.5 Å². The Bertz CT molecular complexity index is 896. The third-order valence-corrected chi connectivity index (χ3v) is 3.91. The molecule has 0 radical (unpaired) electrons. The fourth-order valence-electron chi connectivity index (χ4n) is 2.44. The van der Waals surface area contributed by atoms with Crippen molar-refractivity contribution >= 4 is 17.7 Å². The molecule has 0 spiro atoms. The van der Waals surface area contributed by atoms with Crippen molar-refractivity contribution in [1.29, 1.82) is 0 Å². The Kier molecular flexibility index (Phi) is 5.31. The van der Waals surface area contributed by atoms with Gasteiger partial charge in [-0.2, -0.15) is 0 Å². The Morgan fingerprint density at radius 3 is 2.80 bits per heavy atom. The van der Waals surface area contributed by atoms with E-state index in [0.29, 0.717) is 23.3 Å². The lowest BCUT2D eigenvalue weighted by Crippen LogP contribution is -2.01. The van der Waals surface area contributed by atoms with E-state index in [9.17, 15) is 0 Å². The standard InChI is InChI=1S/C20H17ClN2O2/c1-3-14-11-19(24-2)23-12-18(14)25-13-16-7-5-9-22-20(16)15-6-4-8-17(21)10-15/h3-12H,1,13H2,2H3. The molecular weight excluding hydrogens is 336 g/mol. The average molecular weight is 353 g/mol. The molecule has 0 amide bonds. The Balaban J connectivity index is 1.86. The van der Waals surface area contributed by atoms with Crippen molar-refractivity contribution in [3.63, 3.8) is 0 Å². The van der Waals surface area contributed by atoms with Gasteiger partial charge in [0.25, 0.3) is 0 Å². The number of hydrogen-bond donors (Lipinski definition) is 0. The zero-order valence-electron chi connectivity index (χ0n) is 13.8. The third kappa shape index (κ3) is 3.98. The van der Waals surface area contributed by atoms with E-state index in [-0.39, 0.29) is 0 Å². The molecule has 3 aromatic rings. The normalized spacial score (nSPS) is 10.3. The van der Waals surface area contributed by atoms with Crippen LogP contribution in [0.1, 0.15) is 11.1 Å². The summed E-state index contributed by atoms with van der Waals surface area (Å²) >= 11 is 6.10. The molecule has 0 saturated heterocycles. The van der Waals surface area contributed by atoms with Gasteiger partial charge in [0, 0.05) is 34.0 Å². The average Bonchev–Trinajstić information content (AvgIpc) is 2.66. The van der Waals surface area contributed by atoms with Crippen molar-refractivity contribution in [1.82, 2.24) is 9.97 Å². The van der Waals surface area contributed by atoms with E-state index in [1.54, 1.807) is 31.6 Å². The summed E-state index contributed by atoms with van der Waals surface area (Å²) in [5.74, 6) is 1.15. The van der Waals surface area contributed by atoms with Gasteiger partial charge in [0.05, 0.1) is 19.0 Å². The van der Waals surface area contributed by atoms with Crippen molar-refractivity contribution in [2.75, 3.05) is 7.11 Å². The van der Waals surface area contributed by atoms with Gasteiger partial charge < -0.3 is 9.47 Å². The lowest BCUT2D eigenvalue weighted by atomic mass is 10.1. The lowest BCUT2D eigenvalue weighted by Gasteiger charge is -2.12. The summed E-state index contributed by atoms with van der Waals surface area (Å²) in [5, 5.41) is 0.670. The number of ether oxygens (including phenoxy) is 2. The molecule has 0 atom stereocenters. The van der Waals surface area contributed by atoms with E-state index in [2.05, 4.69) is 16.5 Å². The fraction of sp³-hybridized carbons (Fsp3) is 0.100. The Hall–Kier alpha value is -2.85. The highest BCUT2D eigenvalue weighted by Crippen LogP contribution is 2.27. The molecule has 0 fully saturated rings. The molecule has 2 aromatic heterocycles. The van der Waals surface area contributed by atoms with Crippen molar-refractivity contribution in [2.45, 2.75) is 6.61 Å². The molecular formula is C20H17ClN2O2. The third-order valence-electron chi connectivity index (χ3n) is 3.67. The highest BCUT2D eigenvalue weighted by Gasteiger charge is 2.10. The van der Waals surface area contributed by atoms with Crippen molar-refractivity contribution in [2.24, 2.45) is 0 Å². The first-order chi connectivity index (χ1) is 12.2. The summed E-state index contributed by atoms with van der Waals surface area (Å²) in [6.45, 7) is 4.16. The largest absolute Gasteiger partial charge is 0.487 e. The maximum atomic E-state index is 6.10. The molecule has 0 bridgehead atoms. The second kappa shape index (κ2) is 7.81. The van der Waals surface area contributed by atoms with Crippen LogP contribution >= 0.6 is 11.6 Å².